The minimum atomic E-state index is -0.498. The average molecular weight is 389 g/mol. The maximum absolute atomic E-state index is 12.2. The van der Waals surface area contributed by atoms with Crippen LogP contribution in [-0.2, 0) is 14.3 Å². The molecule has 0 aromatic heterocycles. The van der Waals surface area contributed by atoms with Crippen molar-refractivity contribution in [2.45, 2.75) is 64.1 Å². The van der Waals surface area contributed by atoms with Gasteiger partial charge in [-0.1, -0.05) is 12.1 Å². The minimum absolute atomic E-state index is 0.0530. The fraction of sp³-hybridized carbons (Fsp3) is 0.636. The minimum Gasteiger partial charge on any atom is -0.489 e. The molecule has 3 rings (SSSR count). The molecule has 1 saturated heterocycles. The van der Waals surface area contributed by atoms with Crippen LogP contribution in [0.15, 0.2) is 24.3 Å². The summed E-state index contributed by atoms with van der Waals surface area (Å²) in [4.78, 5) is 25.7. The van der Waals surface area contributed by atoms with E-state index in [0.29, 0.717) is 25.4 Å². The molecule has 2 atom stereocenters. The largest absolute Gasteiger partial charge is 0.489 e. The molecule has 0 bridgehead atoms. The first-order chi connectivity index (χ1) is 13.2. The first-order valence-corrected chi connectivity index (χ1v) is 10.1. The van der Waals surface area contributed by atoms with Crippen molar-refractivity contribution in [1.29, 1.82) is 0 Å². The molecule has 154 valence electrons. The lowest BCUT2D eigenvalue weighted by atomic mass is 9.91. The van der Waals surface area contributed by atoms with Crippen molar-refractivity contribution in [2.24, 2.45) is 5.92 Å². The maximum Gasteiger partial charge on any atom is 0.410 e. The van der Waals surface area contributed by atoms with Crippen molar-refractivity contribution in [3.05, 3.63) is 29.8 Å². The SMILES string of the molecule is COC(=O)C[C@H](c1cccc(OC2CCN(C(=O)OC(C)(C)C)C2)c1)C1CC1. The number of esters is 1. The molecule has 1 saturated carbocycles. The number of carbonyl (C=O) groups excluding carboxylic acids is 2. The Labute approximate surface area is 167 Å². The van der Waals surface area contributed by atoms with E-state index in [0.717, 1.165) is 30.6 Å². The second-order valence-corrected chi connectivity index (χ2v) is 8.75. The van der Waals surface area contributed by atoms with Gasteiger partial charge in [0.1, 0.15) is 17.5 Å². The van der Waals surface area contributed by atoms with Crippen LogP contribution in [0, 0.1) is 5.92 Å². The highest BCUT2D eigenvalue weighted by molar-refractivity contribution is 5.70. The fourth-order valence-corrected chi connectivity index (χ4v) is 3.65. The summed E-state index contributed by atoms with van der Waals surface area (Å²) >= 11 is 0. The number of carbonyl (C=O) groups is 2. The molecule has 1 aromatic rings. The van der Waals surface area contributed by atoms with Gasteiger partial charge < -0.3 is 19.1 Å². The van der Waals surface area contributed by atoms with Crippen molar-refractivity contribution >= 4 is 12.1 Å². The Kier molecular flexibility index (Phi) is 6.16. The number of amides is 1. The van der Waals surface area contributed by atoms with E-state index in [-0.39, 0.29) is 24.1 Å². The highest BCUT2D eigenvalue weighted by Crippen LogP contribution is 2.45. The van der Waals surface area contributed by atoms with Crippen LogP contribution in [0.2, 0.25) is 0 Å². The van der Waals surface area contributed by atoms with Crippen LogP contribution in [-0.4, -0.2) is 48.9 Å². The van der Waals surface area contributed by atoms with E-state index in [2.05, 4.69) is 6.07 Å². The number of hydrogen-bond donors (Lipinski definition) is 0. The van der Waals surface area contributed by atoms with E-state index in [4.69, 9.17) is 14.2 Å². The van der Waals surface area contributed by atoms with Crippen LogP contribution in [0.25, 0.3) is 0 Å². The zero-order chi connectivity index (χ0) is 20.3. The first kappa shape index (κ1) is 20.5. The average Bonchev–Trinajstić information content (AvgIpc) is 3.36. The normalized spacial score (nSPS) is 20.6. The Morgan fingerprint density at radius 2 is 1.96 bits per heavy atom. The third-order valence-corrected chi connectivity index (χ3v) is 5.19. The fourth-order valence-electron chi connectivity index (χ4n) is 3.65. The van der Waals surface area contributed by atoms with Gasteiger partial charge >= 0.3 is 12.1 Å². The van der Waals surface area contributed by atoms with Gasteiger partial charge in [0.25, 0.3) is 0 Å². The topological polar surface area (TPSA) is 65.1 Å². The summed E-state index contributed by atoms with van der Waals surface area (Å²) in [6.45, 7) is 6.75. The van der Waals surface area contributed by atoms with E-state index >= 15 is 0 Å². The molecule has 2 aliphatic rings. The molecule has 1 aliphatic carbocycles. The Balaban J connectivity index is 1.60. The molecule has 2 fully saturated rings. The molecular formula is C22H31NO5. The van der Waals surface area contributed by atoms with E-state index in [1.807, 2.05) is 39.0 Å². The van der Waals surface area contributed by atoms with E-state index in [1.54, 1.807) is 4.90 Å². The second kappa shape index (κ2) is 8.41. The second-order valence-electron chi connectivity index (χ2n) is 8.75. The van der Waals surface area contributed by atoms with Crippen LogP contribution in [0.5, 0.6) is 5.75 Å². The standard InChI is InChI=1S/C22H31NO5/c1-22(2,3)28-21(25)23-11-10-18(14-23)27-17-7-5-6-16(12-17)19(15-8-9-15)13-20(24)26-4/h5-7,12,15,18-19H,8-11,13-14H2,1-4H3/t18?,19-/m0/s1. The number of methoxy groups -OCH3 is 1. The molecule has 0 N–H and O–H groups in total. The molecule has 0 radical (unpaired) electrons. The van der Waals surface area contributed by atoms with Crippen molar-refractivity contribution in [3.63, 3.8) is 0 Å². The summed E-state index contributed by atoms with van der Waals surface area (Å²) in [5.74, 6) is 1.33. The van der Waals surface area contributed by atoms with Gasteiger partial charge in [-0.15, -0.1) is 0 Å². The molecule has 28 heavy (non-hydrogen) atoms. The number of hydrogen-bond acceptors (Lipinski definition) is 5. The van der Waals surface area contributed by atoms with Crippen molar-refractivity contribution in [1.82, 2.24) is 4.90 Å². The molecule has 1 aliphatic heterocycles. The summed E-state index contributed by atoms with van der Waals surface area (Å²) in [6, 6.07) is 7.99. The number of ether oxygens (including phenoxy) is 3. The molecule has 1 aromatic carbocycles. The predicted molar refractivity (Wildman–Crippen MR) is 105 cm³/mol. The summed E-state index contributed by atoms with van der Waals surface area (Å²) in [6.07, 6.45) is 3.14. The Morgan fingerprint density at radius 3 is 2.61 bits per heavy atom. The molecule has 0 spiro atoms. The lowest BCUT2D eigenvalue weighted by molar-refractivity contribution is -0.141. The van der Waals surface area contributed by atoms with Gasteiger partial charge in [-0.05, 0) is 63.1 Å². The third-order valence-electron chi connectivity index (χ3n) is 5.19. The van der Waals surface area contributed by atoms with Crippen LogP contribution in [0.3, 0.4) is 0 Å². The summed E-state index contributed by atoms with van der Waals surface area (Å²) < 4.78 is 16.4. The summed E-state index contributed by atoms with van der Waals surface area (Å²) in [5, 5.41) is 0. The van der Waals surface area contributed by atoms with Gasteiger partial charge in [0.15, 0.2) is 0 Å². The molecule has 6 nitrogen and oxygen atoms in total. The lowest BCUT2D eigenvalue weighted by Gasteiger charge is -2.24. The summed E-state index contributed by atoms with van der Waals surface area (Å²) in [7, 11) is 1.43. The van der Waals surface area contributed by atoms with Crippen molar-refractivity contribution in [3.8, 4) is 5.75 Å². The van der Waals surface area contributed by atoms with Gasteiger partial charge in [-0.25, -0.2) is 4.79 Å². The van der Waals surface area contributed by atoms with E-state index in [9.17, 15) is 9.59 Å². The monoisotopic (exact) mass is 389 g/mol. The van der Waals surface area contributed by atoms with Gasteiger partial charge in [-0.2, -0.15) is 0 Å². The molecule has 1 heterocycles. The smallest absolute Gasteiger partial charge is 0.410 e. The maximum atomic E-state index is 12.2. The first-order valence-electron chi connectivity index (χ1n) is 10.1. The van der Waals surface area contributed by atoms with Gasteiger partial charge in [-0.3, -0.25) is 4.79 Å². The van der Waals surface area contributed by atoms with Crippen LogP contribution in [0.1, 0.15) is 57.9 Å². The molecule has 1 amide bonds. The predicted octanol–water partition coefficient (Wildman–Crippen LogP) is 4.13. The van der Waals surface area contributed by atoms with E-state index < -0.39 is 5.60 Å². The molecule has 6 heteroatoms. The quantitative estimate of drug-likeness (QED) is 0.685. The number of benzene rings is 1. The summed E-state index contributed by atoms with van der Waals surface area (Å²) in [5.41, 5.74) is 0.620. The van der Waals surface area contributed by atoms with Crippen molar-refractivity contribution < 1.29 is 23.8 Å². The molecular weight excluding hydrogens is 358 g/mol. The van der Waals surface area contributed by atoms with Crippen LogP contribution in [0.4, 0.5) is 4.79 Å². The van der Waals surface area contributed by atoms with E-state index in [1.165, 1.54) is 7.11 Å². The Bertz CT molecular complexity index is 707. The zero-order valence-corrected chi connectivity index (χ0v) is 17.3. The lowest BCUT2D eigenvalue weighted by Crippen LogP contribution is -2.36. The van der Waals surface area contributed by atoms with Gasteiger partial charge in [0.2, 0.25) is 0 Å². The third kappa shape index (κ3) is 5.63. The van der Waals surface area contributed by atoms with Gasteiger partial charge in [0, 0.05) is 13.0 Å². The highest BCUT2D eigenvalue weighted by Gasteiger charge is 2.35. The Morgan fingerprint density at radius 1 is 1.21 bits per heavy atom. The van der Waals surface area contributed by atoms with Crippen LogP contribution >= 0.6 is 0 Å². The highest BCUT2D eigenvalue weighted by atomic mass is 16.6. The van der Waals surface area contributed by atoms with Crippen molar-refractivity contribution in [2.75, 3.05) is 20.2 Å². The van der Waals surface area contributed by atoms with Gasteiger partial charge in [0.05, 0.1) is 20.1 Å². The van der Waals surface area contributed by atoms with Crippen LogP contribution < -0.4 is 4.74 Å². The number of nitrogens with zero attached hydrogens (tertiary/aromatic N) is 1. The number of rotatable bonds is 6. The number of likely N-dealkylation sites (tertiary alicyclic amines) is 1. The zero-order valence-electron chi connectivity index (χ0n) is 17.3. The molecule has 1 unspecified atom stereocenters. The Hall–Kier alpha value is -2.24.